The highest BCUT2D eigenvalue weighted by Gasteiger charge is 2.30. The first-order valence-corrected chi connectivity index (χ1v) is 4.57. The monoisotopic (exact) mass is 172 g/mol. The number of hydrogen-bond acceptors (Lipinski definition) is 2. The maximum atomic E-state index is 11.3. The Morgan fingerprint density at radius 3 is 2.25 bits per heavy atom. The zero-order valence-corrected chi connectivity index (χ0v) is 8.81. The van der Waals surface area contributed by atoms with Gasteiger partial charge in [0.2, 0.25) is 0 Å². The molecule has 12 heavy (non-hydrogen) atoms. The normalized spacial score (nSPS) is 16.2. The zero-order valence-electron chi connectivity index (χ0n) is 8.81. The summed E-state index contributed by atoms with van der Waals surface area (Å²) in [7, 11) is 0. The van der Waals surface area contributed by atoms with Crippen LogP contribution in [0.1, 0.15) is 41.0 Å². The van der Waals surface area contributed by atoms with Crippen molar-refractivity contribution in [1.29, 1.82) is 0 Å². The molecule has 0 saturated heterocycles. The molecule has 0 aliphatic heterocycles. The smallest absolute Gasteiger partial charge is 0.161 e. The van der Waals surface area contributed by atoms with Gasteiger partial charge in [0.25, 0.3) is 0 Å². The van der Waals surface area contributed by atoms with Gasteiger partial charge in [-0.1, -0.05) is 13.8 Å². The highest BCUT2D eigenvalue weighted by Crippen LogP contribution is 2.21. The molecule has 1 atom stereocenters. The van der Waals surface area contributed by atoms with Crippen LogP contribution in [0.25, 0.3) is 0 Å². The fourth-order valence-electron chi connectivity index (χ4n) is 1.40. The van der Waals surface area contributed by atoms with Gasteiger partial charge in [-0.2, -0.15) is 0 Å². The molecule has 2 heteroatoms. The molecule has 0 amide bonds. The van der Waals surface area contributed by atoms with Crippen LogP contribution in [0, 0.1) is 5.92 Å². The Balaban J connectivity index is 4.28. The molecule has 0 aromatic rings. The Bertz CT molecular complexity index is 152. The standard InChI is InChI=1S/C10H20O2/c1-6-12-10(5,9(4)11)7-8(2)3/h8H,6-7H2,1-5H3. The second-order valence-electron chi connectivity index (χ2n) is 3.82. The van der Waals surface area contributed by atoms with Gasteiger partial charge in [-0.3, -0.25) is 4.79 Å². The number of Topliss-reactive ketones (excluding diaryl/α,β-unsaturated/α-hetero) is 1. The molecule has 1 unspecified atom stereocenters. The van der Waals surface area contributed by atoms with Crippen LogP contribution in [0.15, 0.2) is 0 Å². The molecule has 0 rings (SSSR count). The lowest BCUT2D eigenvalue weighted by atomic mass is 9.91. The summed E-state index contributed by atoms with van der Waals surface area (Å²) >= 11 is 0. The molecule has 0 aromatic heterocycles. The second kappa shape index (κ2) is 4.61. The van der Waals surface area contributed by atoms with Gasteiger partial charge in [-0.05, 0) is 33.1 Å². The largest absolute Gasteiger partial charge is 0.368 e. The van der Waals surface area contributed by atoms with Crippen molar-refractivity contribution in [2.24, 2.45) is 5.92 Å². The first-order valence-electron chi connectivity index (χ1n) is 4.57. The van der Waals surface area contributed by atoms with Crippen molar-refractivity contribution in [2.75, 3.05) is 6.61 Å². The highest BCUT2D eigenvalue weighted by atomic mass is 16.5. The second-order valence-corrected chi connectivity index (χ2v) is 3.82. The summed E-state index contributed by atoms with van der Waals surface area (Å²) in [5.74, 6) is 0.614. The van der Waals surface area contributed by atoms with Crippen molar-refractivity contribution >= 4 is 5.78 Å². The Labute approximate surface area is 75.3 Å². The molecular formula is C10H20O2. The minimum Gasteiger partial charge on any atom is -0.368 e. The van der Waals surface area contributed by atoms with Gasteiger partial charge < -0.3 is 4.74 Å². The lowest BCUT2D eigenvalue weighted by Crippen LogP contribution is -2.38. The van der Waals surface area contributed by atoms with Crippen molar-refractivity contribution in [3.8, 4) is 0 Å². The van der Waals surface area contributed by atoms with Gasteiger partial charge in [-0.15, -0.1) is 0 Å². The molecule has 0 aromatic carbocycles. The zero-order chi connectivity index (χ0) is 9.78. The van der Waals surface area contributed by atoms with Crippen LogP contribution in [0.5, 0.6) is 0 Å². The summed E-state index contributed by atoms with van der Waals surface area (Å²) in [5, 5.41) is 0. The van der Waals surface area contributed by atoms with E-state index >= 15 is 0 Å². The molecule has 0 spiro atoms. The molecule has 0 heterocycles. The van der Waals surface area contributed by atoms with Crippen LogP contribution in [0.3, 0.4) is 0 Å². The van der Waals surface area contributed by atoms with E-state index in [-0.39, 0.29) is 5.78 Å². The van der Waals surface area contributed by atoms with Crippen LogP contribution in [-0.4, -0.2) is 18.0 Å². The quantitative estimate of drug-likeness (QED) is 0.636. The van der Waals surface area contributed by atoms with E-state index in [1.165, 1.54) is 0 Å². The predicted molar refractivity (Wildman–Crippen MR) is 50.2 cm³/mol. The lowest BCUT2D eigenvalue weighted by molar-refractivity contribution is -0.141. The third-order valence-corrected chi connectivity index (χ3v) is 2.01. The SMILES string of the molecule is CCOC(C)(CC(C)C)C(C)=O. The van der Waals surface area contributed by atoms with E-state index in [1.807, 2.05) is 13.8 Å². The molecule has 0 saturated carbocycles. The summed E-state index contributed by atoms with van der Waals surface area (Å²) in [4.78, 5) is 11.3. The van der Waals surface area contributed by atoms with Gasteiger partial charge in [0.05, 0.1) is 0 Å². The van der Waals surface area contributed by atoms with Crippen LogP contribution < -0.4 is 0 Å². The molecule has 0 aliphatic rings. The van der Waals surface area contributed by atoms with Gasteiger partial charge >= 0.3 is 0 Å². The molecule has 0 N–H and O–H groups in total. The Morgan fingerprint density at radius 2 is 2.00 bits per heavy atom. The molecule has 0 aliphatic carbocycles. The first kappa shape index (κ1) is 11.6. The third kappa shape index (κ3) is 3.35. The summed E-state index contributed by atoms with van der Waals surface area (Å²) in [6, 6.07) is 0. The Morgan fingerprint density at radius 1 is 1.50 bits per heavy atom. The van der Waals surface area contributed by atoms with Crippen molar-refractivity contribution in [3.05, 3.63) is 0 Å². The number of carbonyl (C=O) groups excluding carboxylic acids is 1. The summed E-state index contributed by atoms with van der Waals surface area (Å²) < 4.78 is 5.45. The van der Waals surface area contributed by atoms with E-state index in [0.717, 1.165) is 6.42 Å². The van der Waals surface area contributed by atoms with E-state index in [0.29, 0.717) is 12.5 Å². The van der Waals surface area contributed by atoms with Crippen molar-refractivity contribution in [1.82, 2.24) is 0 Å². The van der Waals surface area contributed by atoms with Crippen LogP contribution in [0.4, 0.5) is 0 Å². The van der Waals surface area contributed by atoms with Gasteiger partial charge in [0.15, 0.2) is 5.78 Å². The number of rotatable bonds is 5. The highest BCUT2D eigenvalue weighted by molar-refractivity contribution is 5.84. The van der Waals surface area contributed by atoms with Gasteiger partial charge in [0, 0.05) is 6.61 Å². The summed E-state index contributed by atoms with van der Waals surface area (Å²) in [5.41, 5.74) is -0.567. The molecular weight excluding hydrogens is 152 g/mol. The summed E-state index contributed by atoms with van der Waals surface area (Å²) in [6.07, 6.45) is 0.802. The maximum Gasteiger partial charge on any atom is 0.161 e. The number of hydrogen-bond donors (Lipinski definition) is 0. The minimum atomic E-state index is -0.567. The Hall–Kier alpha value is -0.370. The molecule has 72 valence electrons. The van der Waals surface area contributed by atoms with Crippen LogP contribution >= 0.6 is 0 Å². The van der Waals surface area contributed by atoms with E-state index < -0.39 is 5.60 Å². The predicted octanol–water partition coefficient (Wildman–Crippen LogP) is 2.42. The molecule has 0 bridgehead atoms. The van der Waals surface area contributed by atoms with E-state index in [9.17, 15) is 4.79 Å². The third-order valence-electron chi connectivity index (χ3n) is 2.01. The van der Waals surface area contributed by atoms with E-state index in [2.05, 4.69) is 13.8 Å². The first-order chi connectivity index (χ1) is 5.42. The van der Waals surface area contributed by atoms with Crippen molar-refractivity contribution in [2.45, 2.75) is 46.6 Å². The maximum absolute atomic E-state index is 11.3. The van der Waals surface area contributed by atoms with Gasteiger partial charge in [-0.25, -0.2) is 0 Å². The molecule has 0 radical (unpaired) electrons. The van der Waals surface area contributed by atoms with E-state index in [1.54, 1.807) is 6.92 Å². The molecule has 2 nitrogen and oxygen atoms in total. The van der Waals surface area contributed by atoms with Crippen molar-refractivity contribution in [3.63, 3.8) is 0 Å². The summed E-state index contributed by atoms with van der Waals surface area (Å²) in [6.45, 7) is 10.2. The van der Waals surface area contributed by atoms with Crippen LogP contribution in [0.2, 0.25) is 0 Å². The fourth-order valence-corrected chi connectivity index (χ4v) is 1.40. The average molecular weight is 172 g/mol. The number of ketones is 1. The van der Waals surface area contributed by atoms with E-state index in [4.69, 9.17) is 4.74 Å². The average Bonchev–Trinajstić information content (AvgIpc) is 1.85. The van der Waals surface area contributed by atoms with Crippen molar-refractivity contribution < 1.29 is 9.53 Å². The lowest BCUT2D eigenvalue weighted by Gasteiger charge is -2.28. The Kier molecular flexibility index (Phi) is 4.46. The number of carbonyl (C=O) groups is 1. The van der Waals surface area contributed by atoms with Crippen LogP contribution in [-0.2, 0) is 9.53 Å². The number of ether oxygens (including phenoxy) is 1. The van der Waals surface area contributed by atoms with Gasteiger partial charge in [0.1, 0.15) is 5.60 Å². The minimum absolute atomic E-state index is 0.123. The topological polar surface area (TPSA) is 26.3 Å². The fraction of sp³-hybridized carbons (Fsp3) is 0.900. The molecule has 0 fully saturated rings.